The third-order valence-electron chi connectivity index (χ3n) is 10.9. The number of hydrogen-bond acceptors (Lipinski definition) is 2. The molecule has 0 N–H and O–H groups in total. The topological polar surface area (TPSA) is 16.4 Å². The van der Waals surface area contributed by atoms with Crippen molar-refractivity contribution < 1.29 is 4.42 Å². The summed E-state index contributed by atoms with van der Waals surface area (Å²) in [6.07, 6.45) is 0. The Balaban J connectivity index is 1.06. The molecular weight excluding hydrogens is 667 g/mol. The number of nitrogens with zero attached hydrogens (tertiary/aromatic N) is 1. The fourth-order valence-corrected chi connectivity index (χ4v) is 8.07. The van der Waals surface area contributed by atoms with Gasteiger partial charge in [-0.15, -0.1) is 0 Å². The van der Waals surface area contributed by atoms with Crippen LogP contribution in [0.1, 0.15) is 5.56 Å². The lowest BCUT2D eigenvalue weighted by atomic mass is 9.94. The Bertz CT molecular complexity index is 2970. The van der Waals surface area contributed by atoms with Crippen LogP contribution in [-0.4, -0.2) is 0 Å². The van der Waals surface area contributed by atoms with E-state index in [1.165, 1.54) is 54.9 Å². The Labute approximate surface area is 321 Å². The third-order valence-corrected chi connectivity index (χ3v) is 10.9. The molecule has 260 valence electrons. The van der Waals surface area contributed by atoms with Gasteiger partial charge in [0.1, 0.15) is 11.3 Å². The molecule has 10 rings (SSSR count). The van der Waals surface area contributed by atoms with Crippen molar-refractivity contribution in [3.05, 3.63) is 212 Å². The van der Waals surface area contributed by atoms with Gasteiger partial charge in [-0.1, -0.05) is 158 Å². The average molecular weight is 704 g/mol. The number of para-hydroxylation sites is 1. The third kappa shape index (κ3) is 5.95. The summed E-state index contributed by atoms with van der Waals surface area (Å²) in [5, 5.41) is 6.21. The molecule has 9 aromatic carbocycles. The summed E-state index contributed by atoms with van der Waals surface area (Å²) >= 11 is 0. The number of fused-ring (bicyclic) bond motifs is 4. The van der Waals surface area contributed by atoms with Crippen LogP contribution in [0, 0.1) is 6.92 Å². The summed E-state index contributed by atoms with van der Waals surface area (Å²) in [4.78, 5) is 2.34. The Morgan fingerprint density at radius 2 is 0.909 bits per heavy atom. The Morgan fingerprint density at radius 1 is 0.345 bits per heavy atom. The predicted octanol–water partition coefficient (Wildman–Crippen LogP) is 15.2. The van der Waals surface area contributed by atoms with E-state index < -0.39 is 0 Å². The van der Waals surface area contributed by atoms with Gasteiger partial charge in [-0.2, -0.15) is 0 Å². The van der Waals surface area contributed by atoms with Crippen LogP contribution in [0.3, 0.4) is 0 Å². The number of hydrogen-bond donors (Lipinski definition) is 0. The van der Waals surface area contributed by atoms with Crippen LogP contribution in [-0.2, 0) is 0 Å². The first-order valence-corrected chi connectivity index (χ1v) is 18.8. The minimum atomic E-state index is 0.898. The summed E-state index contributed by atoms with van der Waals surface area (Å²) < 4.78 is 6.44. The monoisotopic (exact) mass is 703 g/mol. The van der Waals surface area contributed by atoms with Gasteiger partial charge in [0, 0.05) is 33.6 Å². The second-order valence-electron chi connectivity index (χ2n) is 14.2. The van der Waals surface area contributed by atoms with Crippen molar-refractivity contribution in [2.75, 3.05) is 4.90 Å². The molecule has 2 nitrogen and oxygen atoms in total. The fraction of sp³-hybridized carbons (Fsp3) is 0.0189. The molecule has 55 heavy (non-hydrogen) atoms. The van der Waals surface area contributed by atoms with E-state index in [0.717, 1.165) is 44.9 Å². The Kier molecular flexibility index (Phi) is 8.08. The predicted molar refractivity (Wildman–Crippen MR) is 232 cm³/mol. The van der Waals surface area contributed by atoms with Crippen LogP contribution in [0.5, 0.6) is 0 Å². The van der Waals surface area contributed by atoms with Crippen molar-refractivity contribution in [3.63, 3.8) is 0 Å². The van der Waals surface area contributed by atoms with E-state index >= 15 is 0 Å². The van der Waals surface area contributed by atoms with Crippen LogP contribution in [0.2, 0.25) is 0 Å². The quantitative estimate of drug-likeness (QED) is 0.154. The number of benzene rings is 9. The highest BCUT2D eigenvalue weighted by Crippen LogP contribution is 2.41. The Hall–Kier alpha value is -7.16. The zero-order valence-electron chi connectivity index (χ0n) is 30.5. The highest BCUT2D eigenvalue weighted by atomic mass is 16.3. The number of anilines is 3. The number of furan rings is 1. The SMILES string of the molecule is Cc1c(-c2cccc(N(c3ccc(-c4ccc5c(ccc6ccccc65)c4)cc3)c3ccc(-c4ccccc4-c4ccccc4)cc3)c2)oc2ccccc12. The van der Waals surface area contributed by atoms with Gasteiger partial charge >= 0.3 is 0 Å². The van der Waals surface area contributed by atoms with Crippen LogP contribution >= 0.6 is 0 Å². The maximum Gasteiger partial charge on any atom is 0.138 e. The smallest absolute Gasteiger partial charge is 0.138 e. The molecule has 0 unspecified atom stereocenters. The molecule has 0 spiro atoms. The molecule has 0 fully saturated rings. The molecule has 0 aliphatic heterocycles. The summed E-state index contributed by atoms with van der Waals surface area (Å²) in [7, 11) is 0. The summed E-state index contributed by atoms with van der Waals surface area (Å²) in [5.74, 6) is 0.898. The lowest BCUT2D eigenvalue weighted by molar-refractivity contribution is 0.629. The molecule has 0 bridgehead atoms. The van der Waals surface area contributed by atoms with Gasteiger partial charge < -0.3 is 9.32 Å². The maximum absolute atomic E-state index is 6.44. The molecular formula is C53H37NO. The van der Waals surface area contributed by atoms with Crippen LogP contribution < -0.4 is 4.90 Å². The van der Waals surface area contributed by atoms with Crippen molar-refractivity contribution in [1.82, 2.24) is 0 Å². The van der Waals surface area contributed by atoms with Gasteiger partial charge in [0.05, 0.1) is 0 Å². The zero-order chi connectivity index (χ0) is 36.7. The minimum Gasteiger partial charge on any atom is -0.456 e. The zero-order valence-corrected chi connectivity index (χ0v) is 30.5. The molecule has 10 aromatic rings. The molecule has 0 atom stereocenters. The first kappa shape index (κ1) is 32.5. The van der Waals surface area contributed by atoms with Gasteiger partial charge in [0.15, 0.2) is 0 Å². The molecule has 0 aliphatic rings. The second-order valence-corrected chi connectivity index (χ2v) is 14.2. The largest absolute Gasteiger partial charge is 0.456 e. The maximum atomic E-state index is 6.44. The molecule has 1 heterocycles. The molecule has 0 saturated carbocycles. The molecule has 1 aromatic heterocycles. The number of aryl methyl sites for hydroxylation is 1. The highest BCUT2D eigenvalue weighted by molar-refractivity contribution is 6.08. The summed E-state index contributed by atoms with van der Waals surface area (Å²) in [6, 6.07) is 74.0. The lowest BCUT2D eigenvalue weighted by Gasteiger charge is -2.26. The van der Waals surface area contributed by atoms with Crippen molar-refractivity contribution in [2.24, 2.45) is 0 Å². The summed E-state index contributed by atoms with van der Waals surface area (Å²) in [6.45, 7) is 2.14. The van der Waals surface area contributed by atoms with Gasteiger partial charge in [0.25, 0.3) is 0 Å². The van der Waals surface area contributed by atoms with E-state index in [-0.39, 0.29) is 0 Å². The molecule has 0 amide bonds. The second kappa shape index (κ2) is 13.7. The molecule has 2 heteroatoms. The highest BCUT2D eigenvalue weighted by Gasteiger charge is 2.18. The normalized spacial score (nSPS) is 11.4. The van der Waals surface area contributed by atoms with E-state index in [2.05, 4.69) is 206 Å². The van der Waals surface area contributed by atoms with Crippen LogP contribution in [0.4, 0.5) is 17.1 Å². The van der Waals surface area contributed by atoms with Crippen LogP contribution in [0.25, 0.3) is 77.2 Å². The summed E-state index contributed by atoms with van der Waals surface area (Å²) in [5.41, 5.74) is 13.5. The van der Waals surface area contributed by atoms with Crippen molar-refractivity contribution in [2.45, 2.75) is 6.92 Å². The Morgan fingerprint density at radius 3 is 1.65 bits per heavy atom. The van der Waals surface area contributed by atoms with E-state index in [1.807, 2.05) is 12.1 Å². The molecule has 0 saturated heterocycles. The van der Waals surface area contributed by atoms with Gasteiger partial charge in [-0.3, -0.25) is 0 Å². The van der Waals surface area contributed by atoms with E-state index in [4.69, 9.17) is 4.42 Å². The minimum absolute atomic E-state index is 0.898. The molecule has 0 aliphatic carbocycles. The lowest BCUT2D eigenvalue weighted by Crippen LogP contribution is -2.10. The van der Waals surface area contributed by atoms with Crippen molar-refractivity contribution >= 4 is 49.6 Å². The van der Waals surface area contributed by atoms with Gasteiger partial charge in [0.2, 0.25) is 0 Å². The standard InChI is InChI=1S/C53H37NO/c1-36-47-17-9-10-21-52(47)55-53(36)43-15-11-16-46(35-43)54(45-31-26-40(27-32-45)50-20-8-7-19-48(50)38-12-3-2-4-13-38)44-29-24-37(25-30-44)41-28-33-51-42(34-41)23-22-39-14-5-6-18-49(39)51/h2-35H,1H3. The van der Waals surface area contributed by atoms with Crippen molar-refractivity contribution in [1.29, 1.82) is 0 Å². The van der Waals surface area contributed by atoms with E-state index in [9.17, 15) is 0 Å². The van der Waals surface area contributed by atoms with Crippen LogP contribution in [0.15, 0.2) is 211 Å². The average Bonchev–Trinajstić information content (AvgIpc) is 3.60. The van der Waals surface area contributed by atoms with E-state index in [0.29, 0.717) is 0 Å². The number of rotatable bonds is 7. The first-order valence-electron chi connectivity index (χ1n) is 18.8. The first-order chi connectivity index (χ1) is 27.2. The van der Waals surface area contributed by atoms with Gasteiger partial charge in [-0.05, 0) is 110 Å². The van der Waals surface area contributed by atoms with Gasteiger partial charge in [-0.25, -0.2) is 0 Å². The van der Waals surface area contributed by atoms with Crippen molar-refractivity contribution in [3.8, 4) is 44.7 Å². The molecule has 0 radical (unpaired) electrons. The fourth-order valence-electron chi connectivity index (χ4n) is 8.07. The van der Waals surface area contributed by atoms with E-state index in [1.54, 1.807) is 0 Å².